The number of nitrogens with two attached hydrogens (primary N) is 1. The lowest BCUT2D eigenvalue weighted by Gasteiger charge is -2.08. The summed E-state index contributed by atoms with van der Waals surface area (Å²) < 4.78 is 5.13. The number of benzene rings is 1. The van der Waals surface area contributed by atoms with Crippen LogP contribution in [0, 0.1) is 6.92 Å². The summed E-state index contributed by atoms with van der Waals surface area (Å²) in [7, 11) is 1.57. The second-order valence-electron chi connectivity index (χ2n) is 3.33. The molecule has 16 heavy (non-hydrogen) atoms. The Kier molecular flexibility index (Phi) is 4.25. The molecule has 1 rings (SSSR count). The van der Waals surface area contributed by atoms with Crippen LogP contribution in [-0.4, -0.2) is 24.6 Å². The summed E-state index contributed by atoms with van der Waals surface area (Å²) in [5.74, 6) is 0.467. The number of ether oxygens (including phenoxy) is 1. The van der Waals surface area contributed by atoms with E-state index in [1.54, 1.807) is 19.2 Å². The molecule has 1 amide bonds. The van der Waals surface area contributed by atoms with Crippen LogP contribution >= 0.6 is 12.2 Å². The van der Waals surface area contributed by atoms with Gasteiger partial charge >= 0.3 is 0 Å². The van der Waals surface area contributed by atoms with Gasteiger partial charge in [-0.1, -0.05) is 18.3 Å². The first kappa shape index (κ1) is 12.4. The molecule has 4 nitrogen and oxygen atoms in total. The monoisotopic (exact) mass is 238 g/mol. The van der Waals surface area contributed by atoms with Gasteiger partial charge in [-0.15, -0.1) is 0 Å². The van der Waals surface area contributed by atoms with Crippen molar-refractivity contribution < 1.29 is 9.53 Å². The summed E-state index contributed by atoms with van der Waals surface area (Å²) in [4.78, 5) is 11.9. The fraction of sp³-hybridized carbons (Fsp3) is 0.273. The summed E-state index contributed by atoms with van der Waals surface area (Å²) in [6.07, 6.45) is 0. The van der Waals surface area contributed by atoms with Crippen LogP contribution in [0.3, 0.4) is 0 Å². The number of rotatable bonds is 4. The predicted molar refractivity (Wildman–Crippen MR) is 66.8 cm³/mol. The van der Waals surface area contributed by atoms with E-state index in [-0.39, 0.29) is 17.4 Å². The first-order valence-electron chi connectivity index (χ1n) is 4.75. The molecule has 0 heterocycles. The van der Waals surface area contributed by atoms with Crippen LogP contribution in [0.15, 0.2) is 18.2 Å². The number of thiocarbonyl (C=S) groups is 1. The molecule has 0 saturated heterocycles. The molecule has 86 valence electrons. The van der Waals surface area contributed by atoms with Crippen LogP contribution < -0.4 is 15.8 Å². The second kappa shape index (κ2) is 5.46. The van der Waals surface area contributed by atoms with Crippen LogP contribution in [0.4, 0.5) is 0 Å². The number of carbonyl (C=O) groups is 1. The van der Waals surface area contributed by atoms with Crippen molar-refractivity contribution in [1.82, 2.24) is 5.32 Å². The molecule has 0 unspecified atom stereocenters. The highest BCUT2D eigenvalue weighted by Crippen LogP contribution is 2.18. The Labute approximate surface area is 99.8 Å². The van der Waals surface area contributed by atoms with Gasteiger partial charge in [0.1, 0.15) is 5.75 Å². The van der Waals surface area contributed by atoms with Crippen molar-refractivity contribution in [2.24, 2.45) is 5.73 Å². The van der Waals surface area contributed by atoms with Gasteiger partial charge in [0.05, 0.1) is 18.6 Å². The van der Waals surface area contributed by atoms with E-state index < -0.39 is 0 Å². The highest BCUT2D eigenvalue weighted by molar-refractivity contribution is 7.80. The largest absolute Gasteiger partial charge is 0.496 e. The minimum Gasteiger partial charge on any atom is -0.496 e. The predicted octanol–water partition coefficient (Wildman–Crippen LogP) is 1.02. The number of hydrogen-bond acceptors (Lipinski definition) is 3. The van der Waals surface area contributed by atoms with E-state index in [1.807, 2.05) is 13.0 Å². The Hall–Kier alpha value is -1.62. The first-order chi connectivity index (χ1) is 7.54. The lowest BCUT2D eigenvalue weighted by molar-refractivity contribution is 0.0959. The lowest BCUT2D eigenvalue weighted by Crippen LogP contribution is -2.32. The number of nitrogens with one attached hydrogen (secondary N) is 1. The van der Waals surface area contributed by atoms with Crippen LogP contribution in [0.1, 0.15) is 15.9 Å². The van der Waals surface area contributed by atoms with Crippen LogP contribution in [0.25, 0.3) is 0 Å². The van der Waals surface area contributed by atoms with Crippen molar-refractivity contribution in [2.45, 2.75) is 6.92 Å². The van der Waals surface area contributed by atoms with Gasteiger partial charge in [-0.2, -0.15) is 0 Å². The van der Waals surface area contributed by atoms with Crippen molar-refractivity contribution in [1.29, 1.82) is 0 Å². The Bertz CT molecular complexity index is 418. The Morgan fingerprint density at radius 1 is 1.56 bits per heavy atom. The minimum atomic E-state index is -0.217. The molecule has 1 aromatic carbocycles. The SMILES string of the molecule is COc1cc(C(=O)NCC(N)=S)ccc1C. The fourth-order valence-corrected chi connectivity index (χ4v) is 1.30. The average Bonchev–Trinajstić information content (AvgIpc) is 2.26. The third kappa shape index (κ3) is 3.20. The average molecular weight is 238 g/mol. The summed E-state index contributed by atoms with van der Waals surface area (Å²) in [6.45, 7) is 2.11. The molecule has 0 spiro atoms. The molecule has 0 aliphatic rings. The molecule has 0 aliphatic heterocycles. The zero-order chi connectivity index (χ0) is 12.1. The van der Waals surface area contributed by atoms with Gasteiger partial charge in [-0.3, -0.25) is 4.79 Å². The molecule has 1 aromatic rings. The summed E-state index contributed by atoms with van der Waals surface area (Å²) in [5.41, 5.74) is 6.80. The number of hydrogen-bond donors (Lipinski definition) is 2. The number of carbonyl (C=O) groups excluding carboxylic acids is 1. The van der Waals surface area contributed by atoms with Gasteiger partial charge in [0.2, 0.25) is 0 Å². The second-order valence-corrected chi connectivity index (χ2v) is 3.86. The van der Waals surface area contributed by atoms with Gasteiger partial charge in [0.15, 0.2) is 0 Å². The molecule has 0 aromatic heterocycles. The maximum atomic E-state index is 11.6. The molecule has 3 N–H and O–H groups in total. The van der Waals surface area contributed by atoms with E-state index in [1.165, 1.54) is 0 Å². The molecule has 0 bridgehead atoms. The first-order valence-corrected chi connectivity index (χ1v) is 5.16. The van der Waals surface area contributed by atoms with E-state index >= 15 is 0 Å². The van der Waals surface area contributed by atoms with E-state index in [0.717, 1.165) is 5.56 Å². The highest BCUT2D eigenvalue weighted by atomic mass is 32.1. The van der Waals surface area contributed by atoms with Crippen LogP contribution in [0.5, 0.6) is 5.75 Å². The zero-order valence-electron chi connectivity index (χ0n) is 9.24. The normalized spacial score (nSPS) is 9.62. The van der Waals surface area contributed by atoms with E-state index in [4.69, 9.17) is 10.5 Å². The Morgan fingerprint density at radius 3 is 2.81 bits per heavy atom. The molecule has 0 fully saturated rings. The van der Waals surface area contributed by atoms with Crippen molar-refractivity contribution in [2.75, 3.05) is 13.7 Å². The highest BCUT2D eigenvalue weighted by Gasteiger charge is 2.07. The number of amides is 1. The summed E-state index contributed by atoms with van der Waals surface area (Å²) in [6, 6.07) is 5.24. The third-order valence-corrected chi connectivity index (χ3v) is 2.24. The molecule has 0 aliphatic carbocycles. The Balaban J connectivity index is 2.80. The van der Waals surface area contributed by atoms with E-state index in [2.05, 4.69) is 17.5 Å². The smallest absolute Gasteiger partial charge is 0.251 e. The molecular weight excluding hydrogens is 224 g/mol. The zero-order valence-corrected chi connectivity index (χ0v) is 10.1. The quantitative estimate of drug-likeness (QED) is 0.769. The van der Waals surface area contributed by atoms with Gasteiger partial charge in [-0.25, -0.2) is 0 Å². The lowest BCUT2D eigenvalue weighted by atomic mass is 10.1. The van der Waals surface area contributed by atoms with Crippen LogP contribution in [0.2, 0.25) is 0 Å². The maximum absolute atomic E-state index is 11.6. The third-order valence-electron chi connectivity index (χ3n) is 2.09. The Morgan fingerprint density at radius 2 is 2.25 bits per heavy atom. The summed E-state index contributed by atoms with van der Waals surface area (Å²) >= 11 is 4.67. The van der Waals surface area contributed by atoms with E-state index in [9.17, 15) is 4.79 Å². The van der Waals surface area contributed by atoms with Gasteiger partial charge in [0, 0.05) is 5.56 Å². The van der Waals surface area contributed by atoms with Crippen molar-refractivity contribution >= 4 is 23.1 Å². The molecule has 0 atom stereocenters. The van der Waals surface area contributed by atoms with Crippen molar-refractivity contribution in [3.63, 3.8) is 0 Å². The molecule has 0 radical (unpaired) electrons. The van der Waals surface area contributed by atoms with E-state index in [0.29, 0.717) is 11.3 Å². The maximum Gasteiger partial charge on any atom is 0.251 e. The van der Waals surface area contributed by atoms with Crippen molar-refractivity contribution in [3.8, 4) is 5.75 Å². The molecular formula is C11H14N2O2S. The summed E-state index contributed by atoms with van der Waals surface area (Å²) in [5, 5.41) is 2.61. The topological polar surface area (TPSA) is 64.3 Å². The van der Waals surface area contributed by atoms with Gasteiger partial charge in [0.25, 0.3) is 5.91 Å². The molecule has 0 saturated carbocycles. The number of methoxy groups -OCH3 is 1. The van der Waals surface area contributed by atoms with Crippen LogP contribution in [-0.2, 0) is 0 Å². The standard InChI is InChI=1S/C11H14N2O2S/c1-7-3-4-8(5-9(7)15-2)11(14)13-6-10(12)16/h3-5H,6H2,1-2H3,(H2,12,16)(H,13,14). The van der Waals surface area contributed by atoms with Gasteiger partial charge in [-0.05, 0) is 24.6 Å². The minimum absolute atomic E-state index is 0.199. The molecule has 5 heteroatoms. The fourth-order valence-electron chi connectivity index (χ4n) is 1.23. The van der Waals surface area contributed by atoms with Crippen molar-refractivity contribution in [3.05, 3.63) is 29.3 Å². The number of aryl methyl sites for hydroxylation is 1. The van der Waals surface area contributed by atoms with Gasteiger partial charge < -0.3 is 15.8 Å².